The summed E-state index contributed by atoms with van der Waals surface area (Å²) in [4.78, 5) is 40.3. The Morgan fingerprint density at radius 3 is 2.46 bits per heavy atom. The van der Waals surface area contributed by atoms with E-state index in [-0.39, 0.29) is 17.4 Å². The SMILES string of the molecule is CN(C)C(=O)[C@@H](OC(=O)c1ccc(Cl)c(N2CCCC2=O)c1)c1ccccc1. The zero-order chi connectivity index (χ0) is 20.3. The summed E-state index contributed by atoms with van der Waals surface area (Å²) >= 11 is 6.23. The van der Waals surface area contributed by atoms with Crippen molar-refractivity contribution in [3.8, 4) is 0 Å². The van der Waals surface area contributed by atoms with Gasteiger partial charge in [-0.3, -0.25) is 9.59 Å². The molecule has 2 aromatic rings. The lowest BCUT2D eigenvalue weighted by Crippen LogP contribution is -2.31. The van der Waals surface area contributed by atoms with Gasteiger partial charge in [0.05, 0.1) is 16.3 Å². The maximum atomic E-state index is 12.8. The summed E-state index contributed by atoms with van der Waals surface area (Å²) in [5, 5.41) is 0.385. The lowest BCUT2D eigenvalue weighted by atomic mass is 10.1. The van der Waals surface area contributed by atoms with Crippen molar-refractivity contribution in [2.45, 2.75) is 18.9 Å². The number of anilines is 1. The standard InChI is InChI=1S/C21H21ClN2O4/c1-23(2)20(26)19(14-7-4-3-5-8-14)28-21(27)15-10-11-16(22)17(13-15)24-12-6-9-18(24)25/h3-5,7-8,10-11,13,19H,6,9,12H2,1-2H3/t19-/m0/s1. The molecule has 0 aromatic heterocycles. The van der Waals surface area contributed by atoms with E-state index in [2.05, 4.69) is 0 Å². The number of benzene rings is 2. The van der Waals surface area contributed by atoms with Crippen LogP contribution in [0.15, 0.2) is 48.5 Å². The van der Waals surface area contributed by atoms with Crippen LogP contribution in [-0.4, -0.2) is 43.3 Å². The molecular weight excluding hydrogens is 380 g/mol. The van der Waals surface area contributed by atoms with Crippen molar-refractivity contribution < 1.29 is 19.1 Å². The van der Waals surface area contributed by atoms with Gasteiger partial charge in [-0.05, 0) is 24.6 Å². The third kappa shape index (κ3) is 4.17. The lowest BCUT2D eigenvalue weighted by molar-refractivity contribution is -0.138. The largest absolute Gasteiger partial charge is 0.444 e. The van der Waals surface area contributed by atoms with Crippen LogP contribution in [0, 0.1) is 0 Å². The summed E-state index contributed by atoms with van der Waals surface area (Å²) in [6, 6.07) is 13.5. The fourth-order valence-electron chi connectivity index (χ4n) is 3.05. The highest BCUT2D eigenvalue weighted by Gasteiger charge is 2.28. The number of halogens is 1. The topological polar surface area (TPSA) is 66.9 Å². The Morgan fingerprint density at radius 1 is 1.14 bits per heavy atom. The predicted octanol–water partition coefficient (Wildman–Crippen LogP) is 3.45. The van der Waals surface area contributed by atoms with Crippen LogP contribution in [0.2, 0.25) is 5.02 Å². The Hall–Kier alpha value is -2.86. The van der Waals surface area contributed by atoms with Crippen molar-refractivity contribution in [1.29, 1.82) is 0 Å². The van der Waals surface area contributed by atoms with Gasteiger partial charge in [-0.15, -0.1) is 0 Å². The van der Waals surface area contributed by atoms with Gasteiger partial charge in [0.15, 0.2) is 0 Å². The average Bonchev–Trinajstić information content (AvgIpc) is 3.12. The van der Waals surface area contributed by atoms with E-state index in [9.17, 15) is 14.4 Å². The average molecular weight is 401 g/mol. The summed E-state index contributed by atoms with van der Waals surface area (Å²) in [5.74, 6) is -1.03. The maximum Gasteiger partial charge on any atom is 0.339 e. The molecule has 28 heavy (non-hydrogen) atoms. The molecule has 0 unspecified atom stereocenters. The lowest BCUT2D eigenvalue weighted by Gasteiger charge is -2.22. The molecule has 1 aliphatic rings. The minimum atomic E-state index is -1.06. The summed E-state index contributed by atoms with van der Waals surface area (Å²) in [5.41, 5.74) is 1.29. The van der Waals surface area contributed by atoms with E-state index in [0.717, 1.165) is 6.42 Å². The Labute approximate surface area is 168 Å². The Kier molecular flexibility index (Phi) is 5.99. The first kappa shape index (κ1) is 19.9. The smallest absolute Gasteiger partial charge is 0.339 e. The molecule has 0 N–H and O–H groups in total. The van der Waals surface area contributed by atoms with Crippen molar-refractivity contribution in [2.24, 2.45) is 0 Å². The molecule has 2 aromatic carbocycles. The van der Waals surface area contributed by atoms with E-state index in [1.54, 1.807) is 49.3 Å². The number of amides is 2. The first-order valence-corrected chi connectivity index (χ1v) is 9.33. The molecule has 2 amide bonds. The highest BCUT2D eigenvalue weighted by Crippen LogP contribution is 2.31. The first-order chi connectivity index (χ1) is 13.4. The minimum absolute atomic E-state index is 0.0302. The Balaban J connectivity index is 1.88. The molecule has 0 saturated carbocycles. The third-order valence-corrected chi connectivity index (χ3v) is 4.86. The van der Waals surface area contributed by atoms with E-state index in [4.69, 9.17) is 16.3 Å². The number of hydrogen-bond donors (Lipinski definition) is 0. The minimum Gasteiger partial charge on any atom is -0.444 e. The van der Waals surface area contributed by atoms with Crippen LogP contribution in [0.4, 0.5) is 5.69 Å². The molecule has 3 rings (SSSR count). The normalized spacial score (nSPS) is 14.7. The van der Waals surface area contributed by atoms with Crippen molar-refractivity contribution >= 4 is 35.1 Å². The zero-order valence-electron chi connectivity index (χ0n) is 15.7. The van der Waals surface area contributed by atoms with Gasteiger partial charge in [-0.25, -0.2) is 4.79 Å². The molecule has 1 heterocycles. The van der Waals surface area contributed by atoms with Gasteiger partial charge in [0.1, 0.15) is 0 Å². The van der Waals surface area contributed by atoms with Crippen molar-refractivity contribution in [2.75, 3.05) is 25.5 Å². The molecule has 146 valence electrons. The maximum absolute atomic E-state index is 12.8. The monoisotopic (exact) mass is 400 g/mol. The van der Waals surface area contributed by atoms with Gasteiger partial charge in [0.2, 0.25) is 12.0 Å². The van der Waals surface area contributed by atoms with Crippen LogP contribution < -0.4 is 4.90 Å². The Bertz CT molecular complexity index is 899. The van der Waals surface area contributed by atoms with Gasteiger partial charge in [-0.2, -0.15) is 0 Å². The second-order valence-corrected chi connectivity index (χ2v) is 7.15. The number of rotatable bonds is 5. The van der Waals surface area contributed by atoms with Crippen LogP contribution in [0.25, 0.3) is 0 Å². The van der Waals surface area contributed by atoms with E-state index >= 15 is 0 Å². The van der Waals surface area contributed by atoms with Gasteiger partial charge in [0.25, 0.3) is 5.91 Å². The fraction of sp³-hybridized carbons (Fsp3) is 0.286. The van der Waals surface area contributed by atoms with Crippen molar-refractivity contribution in [3.63, 3.8) is 0 Å². The van der Waals surface area contributed by atoms with Crippen LogP contribution in [0.5, 0.6) is 0 Å². The second-order valence-electron chi connectivity index (χ2n) is 6.74. The molecule has 0 bridgehead atoms. The van der Waals surface area contributed by atoms with Crippen molar-refractivity contribution in [3.05, 3.63) is 64.7 Å². The first-order valence-electron chi connectivity index (χ1n) is 8.95. The molecule has 1 saturated heterocycles. The molecule has 7 heteroatoms. The number of ether oxygens (including phenoxy) is 1. The van der Waals surface area contributed by atoms with Crippen LogP contribution in [0.1, 0.15) is 34.9 Å². The molecule has 1 fully saturated rings. The summed E-state index contributed by atoms with van der Waals surface area (Å²) < 4.78 is 5.55. The highest BCUT2D eigenvalue weighted by atomic mass is 35.5. The summed E-state index contributed by atoms with van der Waals surface area (Å²) in [6.45, 7) is 0.558. The van der Waals surface area contributed by atoms with E-state index in [0.29, 0.717) is 29.2 Å². The van der Waals surface area contributed by atoms with Crippen molar-refractivity contribution in [1.82, 2.24) is 4.90 Å². The molecule has 1 aliphatic heterocycles. The Morgan fingerprint density at radius 2 is 1.86 bits per heavy atom. The quantitative estimate of drug-likeness (QED) is 0.721. The third-order valence-electron chi connectivity index (χ3n) is 4.54. The molecule has 1 atom stereocenters. The van der Waals surface area contributed by atoms with Gasteiger partial charge < -0.3 is 14.5 Å². The fourth-order valence-corrected chi connectivity index (χ4v) is 3.27. The van der Waals surface area contributed by atoms with Gasteiger partial charge in [0, 0.05) is 32.6 Å². The molecular formula is C21H21ClN2O4. The number of likely N-dealkylation sites (N-methyl/N-ethyl adjacent to an activating group) is 1. The van der Waals surface area contributed by atoms with E-state index in [1.807, 2.05) is 6.07 Å². The summed E-state index contributed by atoms with van der Waals surface area (Å²) in [7, 11) is 3.21. The van der Waals surface area contributed by atoms with Gasteiger partial charge >= 0.3 is 5.97 Å². The van der Waals surface area contributed by atoms with Gasteiger partial charge in [-0.1, -0.05) is 41.9 Å². The number of carbonyl (C=O) groups is 3. The number of esters is 1. The molecule has 6 nitrogen and oxygen atoms in total. The van der Waals surface area contributed by atoms with E-state index < -0.39 is 12.1 Å². The van der Waals surface area contributed by atoms with Crippen LogP contribution >= 0.6 is 11.6 Å². The predicted molar refractivity (Wildman–Crippen MR) is 106 cm³/mol. The number of nitrogens with zero attached hydrogens (tertiary/aromatic N) is 2. The molecule has 0 aliphatic carbocycles. The number of carbonyl (C=O) groups excluding carboxylic acids is 3. The molecule has 0 radical (unpaired) electrons. The summed E-state index contributed by atoms with van der Waals surface area (Å²) in [6.07, 6.45) is 0.145. The number of hydrogen-bond acceptors (Lipinski definition) is 4. The van der Waals surface area contributed by atoms with Crippen LogP contribution in [0.3, 0.4) is 0 Å². The molecule has 0 spiro atoms. The zero-order valence-corrected chi connectivity index (χ0v) is 16.5. The van der Waals surface area contributed by atoms with Crippen LogP contribution in [-0.2, 0) is 14.3 Å². The highest BCUT2D eigenvalue weighted by molar-refractivity contribution is 6.34. The second kappa shape index (κ2) is 8.44. The van der Waals surface area contributed by atoms with E-state index in [1.165, 1.54) is 17.0 Å².